The molecule has 3 nitrogen and oxygen atoms in total. The highest BCUT2D eigenvalue weighted by atomic mass is 16.5. The summed E-state index contributed by atoms with van der Waals surface area (Å²) in [7, 11) is 0. The van der Waals surface area contributed by atoms with Gasteiger partial charge in [0, 0.05) is 18.3 Å². The molecule has 0 aliphatic carbocycles. The van der Waals surface area contributed by atoms with E-state index < -0.39 is 0 Å². The van der Waals surface area contributed by atoms with Gasteiger partial charge in [0.25, 0.3) is 0 Å². The second kappa shape index (κ2) is 7.23. The zero-order chi connectivity index (χ0) is 11.8. The number of pyridine rings is 1. The van der Waals surface area contributed by atoms with Gasteiger partial charge in [0.1, 0.15) is 0 Å². The van der Waals surface area contributed by atoms with E-state index in [4.69, 9.17) is 4.74 Å². The highest BCUT2D eigenvalue weighted by molar-refractivity contribution is 5.25. The van der Waals surface area contributed by atoms with Gasteiger partial charge in [0.2, 0.25) is 5.88 Å². The number of ether oxygens (including phenoxy) is 1. The first-order chi connectivity index (χ1) is 7.74. The molecule has 1 rings (SSSR count). The molecular formula is C13H22N2O. The van der Waals surface area contributed by atoms with Gasteiger partial charge in [-0.05, 0) is 24.9 Å². The predicted octanol–water partition coefficient (Wildman–Crippen LogP) is 2.62. The van der Waals surface area contributed by atoms with Crippen molar-refractivity contribution in [1.29, 1.82) is 0 Å². The quantitative estimate of drug-likeness (QED) is 0.770. The van der Waals surface area contributed by atoms with Crippen molar-refractivity contribution < 1.29 is 4.74 Å². The third-order valence-corrected chi connectivity index (χ3v) is 2.16. The number of rotatable bonds is 7. The fourth-order valence-electron chi connectivity index (χ4n) is 1.38. The molecule has 90 valence electrons. The molecule has 1 aromatic heterocycles. The van der Waals surface area contributed by atoms with Crippen molar-refractivity contribution in [2.75, 3.05) is 13.2 Å². The van der Waals surface area contributed by atoms with Crippen LogP contribution in [0.4, 0.5) is 0 Å². The lowest BCUT2D eigenvalue weighted by molar-refractivity contribution is 0.300. The van der Waals surface area contributed by atoms with Gasteiger partial charge in [-0.25, -0.2) is 4.98 Å². The van der Waals surface area contributed by atoms with Crippen molar-refractivity contribution in [2.45, 2.75) is 33.7 Å². The van der Waals surface area contributed by atoms with Crippen molar-refractivity contribution in [2.24, 2.45) is 5.92 Å². The number of hydrogen-bond donors (Lipinski definition) is 1. The van der Waals surface area contributed by atoms with Crippen molar-refractivity contribution in [3.8, 4) is 5.88 Å². The molecule has 16 heavy (non-hydrogen) atoms. The van der Waals surface area contributed by atoms with Gasteiger partial charge < -0.3 is 10.1 Å². The van der Waals surface area contributed by atoms with Crippen LogP contribution in [0.15, 0.2) is 18.3 Å². The largest absolute Gasteiger partial charge is 0.477 e. The van der Waals surface area contributed by atoms with E-state index in [0.29, 0.717) is 5.92 Å². The van der Waals surface area contributed by atoms with E-state index in [1.165, 1.54) is 0 Å². The van der Waals surface area contributed by atoms with Gasteiger partial charge >= 0.3 is 0 Å². The Hall–Kier alpha value is -1.09. The molecule has 0 saturated carbocycles. The van der Waals surface area contributed by atoms with Crippen LogP contribution in [0.1, 0.15) is 32.8 Å². The summed E-state index contributed by atoms with van der Waals surface area (Å²) in [6, 6.07) is 4.01. The third kappa shape index (κ3) is 4.62. The molecule has 0 aliphatic heterocycles. The zero-order valence-corrected chi connectivity index (χ0v) is 10.5. The van der Waals surface area contributed by atoms with E-state index in [2.05, 4.69) is 37.1 Å². The van der Waals surface area contributed by atoms with Crippen LogP contribution in [0.2, 0.25) is 0 Å². The lowest BCUT2D eigenvalue weighted by atomic mass is 10.2. The van der Waals surface area contributed by atoms with Crippen LogP contribution >= 0.6 is 0 Å². The molecule has 0 saturated heterocycles. The van der Waals surface area contributed by atoms with Gasteiger partial charge in [0.05, 0.1) is 6.61 Å². The number of nitrogens with zero attached hydrogens (tertiary/aromatic N) is 1. The van der Waals surface area contributed by atoms with Gasteiger partial charge in [-0.2, -0.15) is 0 Å². The molecule has 3 heteroatoms. The first-order valence-electron chi connectivity index (χ1n) is 6.01. The minimum Gasteiger partial charge on any atom is -0.477 e. The van der Waals surface area contributed by atoms with Crippen LogP contribution in [0.25, 0.3) is 0 Å². The number of nitrogens with one attached hydrogen (secondary N) is 1. The fourth-order valence-corrected chi connectivity index (χ4v) is 1.38. The summed E-state index contributed by atoms with van der Waals surface area (Å²) >= 11 is 0. The Morgan fingerprint density at radius 1 is 1.44 bits per heavy atom. The Kier molecular flexibility index (Phi) is 5.86. The number of hydrogen-bond acceptors (Lipinski definition) is 3. The molecular weight excluding hydrogens is 200 g/mol. The zero-order valence-electron chi connectivity index (χ0n) is 10.5. The van der Waals surface area contributed by atoms with E-state index in [1.54, 1.807) is 6.20 Å². The van der Waals surface area contributed by atoms with Gasteiger partial charge in [0.15, 0.2) is 0 Å². The first-order valence-corrected chi connectivity index (χ1v) is 6.01. The maximum Gasteiger partial charge on any atom is 0.217 e. The van der Waals surface area contributed by atoms with E-state index >= 15 is 0 Å². The highest BCUT2D eigenvalue weighted by Crippen LogP contribution is 2.14. The van der Waals surface area contributed by atoms with Gasteiger partial charge in [-0.15, -0.1) is 0 Å². The van der Waals surface area contributed by atoms with Crippen molar-refractivity contribution in [3.05, 3.63) is 23.9 Å². The van der Waals surface area contributed by atoms with Crippen LogP contribution < -0.4 is 10.1 Å². The average molecular weight is 222 g/mol. The highest BCUT2D eigenvalue weighted by Gasteiger charge is 2.03. The Morgan fingerprint density at radius 2 is 2.25 bits per heavy atom. The van der Waals surface area contributed by atoms with Crippen LogP contribution in [-0.4, -0.2) is 18.1 Å². The van der Waals surface area contributed by atoms with Gasteiger partial charge in [-0.1, -0.05) is 26.8 Å². The molecule has 0 fully saturated rings. The maximum atomic E-state index is 5.59. The van der Waals surface area contributed by atoms with Gasteiger partial charge in [-0.3, -0.25) is 0 Å². The lowest BCUT2D eigenvalue weighted by Crippen LogP contribution is -2.19. The molecule has 1 heterocycles. The smallest absolute Gasteiger partial charge is 0.217 e. The van der Waals surface area contributed by atoms with Crippen molar-refractivity contribution in [3.63, 3.8) is 0 Å². The summed E-state index contributed by atoms with van der Waals surface area (Å²) in [6.07, 6.45) is 2.78. The third-order valence-electron chi connectivity index (χ3n) is 2.16. The molecule has 0 unspecified atom stereocenters. The molecule has 1 aromatic rings. The Morgan fingerprint density at radius 3 is 2.94 bits per heavy atom. The summed E-state index contributed by atoms with van der Waals surface area (Å²) in [5, 5.41) is 3.40. The van der Waals surface area contributed by atoms with Crippen LogP contribution in [0.5, 0.6) is 5.88 Å². The molecule has 1 N–H and O–H groups in total. The monoisotopic (exact) mass is 222 g/mol. The maximum absolute atomic E-state index is 5.59. The van der Waals surface area contributed by atoms with Crippen molar-refractivity contribution >= 4 is 0 Å². The standard InChI is InChI=1S/C13H22N2O/c1-4-8-16-13-12(6-5-7-15-13)10-14-9-11(2)3/h5-7,11,14H,4,8-10H2,1-3H3. The van der Waals surface area contributed by atoms with E-state index in [-0.39, 0.29) is 0 Å². The van der Waals surface area contributed by atoms with E-state index in [9.17, 15) is 0 Å². The van der Waals surface area contributed by atoms with Crippen LogP contribution in [0.3, 0.4) is 0 Å². The molecule has 0 bridgehead atoms. The minimum absolute atomic E-state index is 0.664. The van der Waals surface area contributed by atoms with Crippen LogP contribution in [0, 0.1) is 5.92 Å². The first kappa shape index (κ1) is 13.0. The summed E-state index contributed by atoms with van der Waals surface area (Å²) in [4.78, 5) is 4.25. The molecule has 0 spiro atoms. The summed E-state index contributed by atoms with van der Waals surface area (Å²) in [6.45, 7) is 9.07. The molecule has 0 amide bonds. The summed E-state index contributed by atoms with van der Waals surface area (Å²) in [5.74, 6) is 1.43. The van der Waals surface area contributed by atoms with E-state index in [1.807, 2.05) is 6.07 Å². The second-order valence-electron chi connectivity index (χ2n) is 4.34. The minimum atomic E-state index is 0.664. The predicted molar refractivity (Wildman–Crippen MR) is 66.6 cm³/mol. The summed E-state index contributed by atoms with van der Waals surface area (Å²) in [5.41, 5.74) is 1.14. The molecule has 0 aromatic carbocycles. The molecule has 0 radical (unpaired) electrons. The fraction of sp³-hybridized carbons (Fsp3) is 0.615. The van der Waals surface area contributed by atoms with E-state index in [0.717, 1.165) is 37.6 Å². The molecule has 0 atom stereocenters. The SMILES string of the molecule is CCCOc1ncccc1CNCC(C)C. The normalized spacial score (nSPS) is 10.8. The topological polar surface area (TPSA) is 34.1 Å². The average Bonchev–Trinajstić information content (AvgIpc) is 2.27. The molecule has 0 aliphatic rings. The van der Waals surface area contributed by atoms with Crippen molar-refractivity contribution in [1.82, 2.24) is 10.3 Å². The Bertz CT molecular complexity index is 300. The number of aromatic nitrogens is 1. The second-order valence-corrected chi connectivity index (χ2v) is 4.34. The van der Waals surface area contributed by atoms with Crippen LogP contribution in [-0.2, 0) is 6.54 Å². The Labute approximate surface area is 98.2 Å². The Balaban J connectivity index is 2.49. The lowest BCUT2D eigenvalue weighted by Gasteiger charge is -2.11. The summed E-state index contributed by atoms with van der Waals surface area (Å²) < 4.78 is 5.59.